The van der Waals surface area contributed by atoms with Gasteiger partial charge in [0.05, 0.1) is 42.2 Å². The van der Waals surface area contributed by atoms with E-state index in [2.05, 4.69) is 31.0 Å². The van der Waals surface area contributed by atoms with Crippen molar-refractivity contribution in [2.45, 2.75) is 60.3 Å². The average Bonchev–Trinajstić information content (AvgIpc) is 4.08. The van der Waals surface area contributed by atoms with Crippen LogP contribution < -0.4 is 36.9 Å². The maximum Gasteiger partial charge on any atom is 0.276 e. The Hall–Kier alpha value is -7.36. The lowest BCUT2D eigenvalue weighted by molar-refractivity contribution is 0.0434. The monoisotopic (exact) mass is 918 g/mol. The van der Waals surface area contributed by atoms with Crippen LogP contribution in [0, 0.1) is 13.8 Å². The van der Waals surface area contributed by atoms with Crippen molar-refractivity contribution in [1.29, 1.82) is 0 Å². The van der Waals surface area contributed by atoms with E-state index in [1.54, 1.807) is 54.9 Å². The number of primary amides is 2. The molecule has 4 aromatic heterocycles. The summed E-state index contributed by atoms with van der Waals surface area (Å²) in [4.78, 5) is 64.7. The molecule has 1 aliphatic heterocycles. The van der Waals surface area contributed by atoms with Crippen LogP contribution in [0.25, 0.3) is 22.1 Å². The van der Waals surface area contributed by atoms with E-state index in [9.17, 15) is 19.2 Å². The zero-order chi connectivity index (χ0) is 47.6. The molecule has 21 nitrogen and oxygen atoms in total. The number of hydrogen-bond donors (Lipinski definition) is 5. The molecule has 1 aliphatic rings. The highest BCUT2D eigenvalue weighted by Crippen LogP contribution is 2.33. The second kappa shape index (κ2) is 21.8. The van der Waals surface area contributed by atoms with Crippen LogP contribution in [0.3, 0.4) is 0 Å². The second-order valence-electron chi connectivity index (χ2n) is 15.9. The fourth-order valence-corrected chi connectivity index (χ4v) is 7.79. The quantitative estimate of drug-likeness (QED) is 0.0482. The molecule has 1 fully saturated rings. The van der Waals surface area contributed by atoms with Crippen molar-refractivity contribution >= 4 is 57.6 Å². The number of imidazole rings is 2. The molecule has 0 unspecified atom stereocenters. The first kappa shape index (κ1) is 47.6. The normalized spacial score (nSPS) is 13.3. The molecule has 7 rings (SSSR count). The molecule has 2 aromatic carbocycles. The van der Waals surface area contributed by atoms with Gasteiger partial charge in [-0.2, -0.15) is 10.2 Å². The summed E-state index contributed by atoms with van der Waals surface area (Å²) in [7, 11) is 1.85. The van der Waals surface area contributed by atoms with Gasteiger partial charge in [-0.15, -0.1) is 0 Å². The fourth-order valence-electron chi connectivity index (χ4n) is 7.79. The third-order valence-corrected chi connectivity index (χ3v) is 11.0. The topological polar surface area (TPSA) is 259 Å². The van der Waals surface area contributed by atoms with Gasteiger partial charge >= 0.3 is 0 Å². The molecule has 0 atom stereocenters. The van der Waals surface area contributed by atoms with E-state index in [-0.39, 0.29) is 42.7 Å². The van der Waals surface area contributed by atoms with Crippen LogP contribution >= 0.6 is 0 Å². The van der Waals surface area contributed by atoms with Crippen LogP contribution in [0.4, 0.5) is 11.9 Å². The average molecular weight is 919 g/mol. The summed E-state index contributed by atoms with van der Waals surface area (Å²) in [5.74, 6) is -1.15. The van der Waals surface area contributed by atoms with Gasteiger partial charge in [0, 0.05) is 56.9 Å². The number of morpholine rings is 1. The summed E-state index contributed by atoms with van der Waals surface area (Å²) < 4.78 is 24.8. The number of carbonyl (C=O) groups excluding carboxylic acids is 4. The SMILES string of the molecule is CCn1nc(C)cc1C(=O)Nc1nc2cc(C(N)=O)cc(OC/C=C/CN3CCOCC3)c2n1C/C=C/Cn1c(NC(=O)c2cc(C)nn2CC)nc2cc(C(N)=O)cc(OCCCNC)c21. The smallest absolute Gasteiger partial charge is 0.276 e. The summed E-state index contributed by atoms with van der Waals surface area (Å²) in [6, 6.07) is 9.66. The molecular weight excluding hydrogens is 861 g/mol. The fraction of sp³-hybridized carbons (Fsp3) is 0.391. The van der Waals surface area contributed by atoms with Gasteiger partial charge in [0.25, 0.3) is 11.8 Å². The van der Waals surface area contributed by atoms with Crippen molar-refractivity contribution in [3.05, 3.63) is 94.6 Å². The number of anilines is 2. The first-order valence-corrected chi connectivity index (χ1v) is 22.3. The van der Waals surface area contributed by atoms with Gasteiger partial charge in [0.2, 0.25) is 23.7 Å². The van der Waals surface area contributed by atoms with E-state index in [4.69, 9.17) is 35.6 Å². The predicted octanol–water partition coefficient (Wildman–Crippen LogP) is 3.65. The summed E-state index contributed by atoms with van der Waals surface area (Å²) >= 11 is 0. The predicted molar refractivity (Wildman–Crippen MR) is 253 cm³/mol. The molecule has 0 saturated carbocycles. The maximum atomic E-state index is 13.9. The number of allylic oxidation sites excluding steroid dienone is 2. The van der Waals surface area contributed by atoms with Gasteiger partial charge in [-0.05, 0) is 84.1 Å². The van der Waals surface area contributed by atoms with E-state index in [1.165, 1.54) is 0 Å². The van der Waals surface area contributed by atoms with Crippen molar-refractivity contribution in [3.8, 4) is 11.5 Å². The van der Waals surface area contributed by atoms with Crippen LogP contribution in [-0.2, 0) is 30.9 Å². The highest BCUT2D eigenvalue weighted by atomic mass is 16.5. The largest absolute Gasteiger partial charge is 0.491 e. The Bertz CT molecular complexity index is 2830. The Morgan fingerprint density at radius 2 is 1.19 bits per heavy atom. The summed E-state index contributed by atoms with van der Waals surface area (Å²) in [6.07, 6.45) is 8.33. The number of nitrogens with one attached hydrogen (secondary N) is 3. The van der Waals surface area contributed by atoms with Crippen molar-refractivity contribution in [3.63, 3.8) is 0 Å². The third-order valence-electron chi connectivity index (χ3n) is 11.0. The molecule has 67 heavy (non-hydrogen) atoms. The summed E-state index contributed by atoms with van der Waals surface area (Å²) in [6.45, 7) is 13.6. The zero-order valence-corrected chi connectivity index (χ0v) is 38.5. The van der Waals surface area contributed by atoms with Gasteiger partial charge < -0.3 is 40.1 Å². The van der Waals surface area contributed by atoms with E-state index < -0.39 is 23.6 Å². The lowest BCUT2D eigenvalue weighted by Crippen LogP contribution is -2.36. The molecule has 5 heterocycles. The summed E-state index contributed by atoms with van der Waals surface area (Å²) in [5.41, 5.74) is 15.7. The highest BCUT2D eigenvalue weighted by molar-refractivity contribution is 6.05. The zero-order valence-electron chi connectivity index (χ0n) is 38.5. The molecule has 354 valence electrons. The second-order valence-corrected chi connectivity index (χ2v) is 15.9. The van der Waals surface area contributed by atoms with E-state index in [0.29, 0.717) is 102 Å². The first-order chi connectivity index (χ1) is 32.4. The molecule has 0 aliphatic carbocycles. The van der Waals surface area contributed by atoms with Gasteiger partial charge in [-0.1, -0.05) is 24.3 Å². The van der Waals surface area contributed by atoms with Crippen molar-refractivity contribution in [2.75, 3.05) is 70.3 Å². The van der Waals surface area contributed by atoms with Gasteiger partial charge in [0.1, 0.15) is 40.5 Å². The molecule has 0 spiro atoms. The first-order valence-electron chi connectivity index (χ1n) is 22.3. The van der Waals surface area contributed by atoms with Gasteiger partial charge in [0.15, 0.2) is 0 Å². The Balaban J connectivity index is 1.27. The Morgan fingerprint density at radius 1 is 0.701 bits per heavy atom. The van der Waals surface area contributed by atoms with Crippen LogP contribution in [0.5, 0.6) is 11.5 Å². The van der Waals surface area contributed by atoms with Crippen molar-refractivity contribution in [1.82, 2.24) is 48.9 Å². The number of carbonyl (C=O) groups is 4. The van der Waals surface area contributed by atoms with Crippen molar-refractivity contribution < 1.29 is 33.4 Å². The summed E-state index contributed by atoms with van der Waals surface area (Å²) in [5, 5.41) is 17.9. The molecule has 4 amide bonds. The maximum absolute atomic E-state index is 13.9. The molecular formula is C46H58N14O7. The number of ether oxygens (including phenoxy) is 3. The number of benzene rings is 2. The van der Waals surface area contributed by atoms with Gasteiger partial charge in [-0.3, -0.25) is 44.1 Å². The lowest BCUT2D eigenvalue weighted by Gasteiger charge is -2.25. The molecule has 0 radical (unpaired) electrons. The molecule has 7 N–H and O–H groups in total. The number of fused-ring (bicyclic) bond motifs is 2. The van der Waals surface area contributed by atoms with Gasteiger partial charge in [-0.25, -0.2) is 9.97 Å². The third kappa shape index (κ3) is 11.2. The number of aryl methyl sites for hydroxylation is 4. The Labute approximate surface area is 387 Å². The minimum absolute atomic E-state index is 0.153. The number of hydrogen-bond acceptors (Lipinski definition) is 13. The number of aromatic nitrogens is 8. The molecule has 6 aromatic rings. The minimum atomic E-state index is -0.671. The van der Waals surface area contributed by atoms with E-state index in [0.717, 1.165) is 19.6 Å². The molecule has 0 bridgehead atoms. The van der Waals surface area contributed by atoms with Crippen molar-refractivity contribution in [2.24, 2.45) is 11.5 Å². The highest BCUT2D eigenvalue weighted by Gasteiger charge is 2.24. The number of amides is 4. The van der Waals surface area contributed by atoms with Crippen LogP contribution in [-0.4, -0.2) is 127 Å². The number of nitrogens with two attached hydrogens (primary N) is 2. The molecule has 21 heteroatoms. The standard InChI is InChI=1S/C46H58N14O7/c1-6-59-35(23-29(3)54-59)43(63)52-45-50-33-25-31(41(47)61)27-37(66-19-11-10-14-56-17-21-65-22-18-56)39(33)57(45)15-8-9-16-58-40-34(26-32(42(48)62)28-38(40)67-20-12-13-49-5)51-46(58)53-44(64)36-24-30(4)55-60(36)7-2/h8-11,23-28,49H,6-7,12-22H2,1-5H3,(H2,47,61)(H2,48,62)(H,50,52,63)(H,51,53,64)/b9-8+,11-10+. The number of nitrogens with zero attached hydrogens (tertiary/aromatic N) is 9. The number of rotatable bonds is 22. The van der Waals surface area contributed by atoms with Crippen LogP contribution in [0.15, 0.2) is 60.7 Å². The molecule has 1 saturated heterocycles. The van der Waals surface area contributed by atoms with Crippen LogP contribution in [0.1, 0.15) is 73.3 Å². The lowest BCUT2D eigenvalue weighted by atomic mass is 10.1. The van der Waals surface area contributed by atoms with E-state index >= 15 is 0 Å². The minimum Gasteiger partial charge on any atom is -0.491 e. The van der Waals surface area contributed by atoms with E-state index in [1.807, 2.05) is 59.0 Å². The Kier molecular flexibility index (Phi) is 15.5. The van der Waals surface area contributed by atoms with Crippen LogP contribution in [0.2, 0.25) is 0 Å². The Morgan fingerprint density at radius 3 is 1.67 bits per heavy atom.